The lowest BCUT2D eigenvalue weighted by atomic mass is 9.81. The highest BCUT2D eigenvalue weighted by Crippen LogP contribution is 2.30. The Hall–Kier alpha value is -4.76. The number of carbonyl (C=O) groups excluding carboxylic acids is 3. The minimum absolute atomic E-state index is 0.0107. The zero-order valence-corrected chi connectivity index (χ0v) is 24.1. The Balaban J connectivity index is 1.33. The predicted octanol–water partition coefficient (Wildman–Crippen LogP) is 4.52. The highest BCUT2D eigenvalue weighted by atomic mass is 16.2. The molecule has 1 aromatic heterocycles. The predicted molar refractivity (Wildman–Crippen MR) is 167 cm³/mol. The van der Waals surface area contributed by atoms with E-state index in [-0.39, 0.29) is 24.2 Å². The number of hydrogen-bond acceptors (Lipinski definition) is 5. The summed E-state index contributed by atoms with van der Waals surface area (Å²) in [5, 5.41) is 6.24. The highest BCUT2D eigenvalue weighted by molar-refractivity contribution is 5.93. The van der Waals surface area contributed by atoms with Crippen molar-refractivity contribution in [2.24, 2.45) is 23.3 Å². The van der Waals surface area contributed by atoms with Crippen LogP contribution in [0.3, 0.4) is 0 Å². The summed E-state index contributed by atoms with van der Waals surface area (Å²) in [5.74, 6) is 0.462. The van der Waals surface area contributed by atoms with Gasteiger partial charge in [-0.2, -0.15) is 0 Å². The number of aromatic amines is 1. The van der Waals surface area contributed by atoms with Crippen molar-refractivity contribution in [3.05, 3.63) is 108 Å². The van der Waals surface area contributed by atoms with E-state index in [1.165, 1.54) is 0 Å². The molecule has 3 amide bonds. The van der Waals surface area contributed by atoms with Crippen molar-refractivity contribution in [3.8, 4) is 11.3 Å². The number of benzene rings is 3. The first-order valence-electron chi connectivity index (χ1n) is 14.8. The molecular formula is C34H38N6O3. The first-order valence-corrected chi connectivity index (χ1v) is 14.8. The number of anilines is 1. The van der Waals surface area contributed by atoms with Gasteiger partial charge in [-0.3, -0.25) is 14.4 Å². The molecule has 1 saturated carbocycles. The maximum Gasteiger partial charge on any atom is 0.248 e. The number of rotatable bonds is 11. The summed E-state index contributed by atoms with van der Waals surface area (Å²) in [4.78, 5) is 45.6. The van der Waals surface area contributed by atoms with Gasteiger partial charge in [0.15, 0.2) is 0 Å². The first-order chi connectivity index (χ1) is 20.9. The number of nitrogens with one attached hydrogen (secondary N) is 3. The maximum atomic E-state index is 13.4. The van der Waals surface area contributed by atoms with Crippen LogP contribution >= 0.6 is 0 Å². The Kier molecular flexibility index (Phi) is 9.63. The molecule has 0 saturated heterocycles. The van der Waals surface area contributed by atoms with Gasteiger partial charge < -0.3 is 27.1 Å². The Morgan fingerprint density at radius 2 is 1.63 bits per heavy atom. The summed E-state index contributed by atoms with van der Waals surface area (Å²) in [7, 11) is 0. The van der Waals surface area contributed by atoms with Crippen LogP contribution in [0.4, 0.5) is 5.69 Å². The van der Waals surface area contributed by atoms with E-state index >= 15 is 0 Å². The molecule has 1 aliphatic carbocycles. The Bertz CT molecular complexity index is 1540. The normalized spacial score (nSPS) is 17.1. The standard InChI is InChI=1S/C34H38N6O3/c35-20-23-9-11-27(12-10-23)34(43)40-29(33-37-21-30(39-33)25-13-15-26(16-14-25)32(36)42)18-24-7-4-8-28(17-24)38-31(41)19-22-5-2-1-3-6-22/h1-8,13-17,21,23,27,29H,9-12,18-20,35H2,(H2,36,42)(H,37,39)(H,38,41)(H,40,43). The van der Waals surface area contributed by atoms with Crippen LogP contribution in [-0.4, -0.2) is 34.2 Å². The van der Waals surface area contributed by atoms with E-state index in [0.717, 1.165) is 48.1 Å². The van der Waals surface area contributed by atoms with Crippen LogP contribution < -0.4 is 22.1 Å². The summed E-state index contributed by atoms with van der Waals surface area (Å²) in [5.41, 5.74) is 15.9. The van der Waals surface area contributed by atoms with Crippen molar-refractivity contribution >= 4 is 23.4 Å². The third kappa shape index (κ3) is 7.96. The van der Waals surface area contributed by atoms with Gasteiger partial charge in [0, 0.05) is 17.2 Å². The number of imidazole rings is 1. The Morgan fingerprint density at radius 1 is 0.907 bits per heavy atom. The molecule has 43 heavy (non-hydrogen) atoms. The average molecular weight is 579 g/mol. The third-order valence-electron chi connectivity index (χ3n) is 8.13. The average Bonchev–Trinajstić information content (AvgIpc) is 3.52. The quantitative estimate of drug-likeness (QED) is 0.177. The van der Waals surface area contributed by atoms with Crippen LogP contribution in [0.2, 0.25) is 0 Å². The summed E-state index contributed by atoms with van der Waals surface area (Å²) in [6.07, 6.45) is 6.02. The lowest BCUT2D eigenvalue weighted by Gasteiger charge is -2.28. The van der Waals surface area contributed by atoms with Crippen molar-refractivity contribution in [2.75, 3.05) is 11.9 Å². The topological polar surface area (TPSA) is 156 Å². The number of H-pyrrole nitrogens is 1. The molecule has 9 heteroatoms. The zero-order chi connectivity index (χ0) is 30.2. The van der Waals surface area contributed by atoms with E-state index in [9.17, 15) is 14.4 Å². The third-order valence-corrected chi connectivity index (χ3v) is 8.13. The van der Waals surface area contributed by atoms with Crippen molar-refractivity contribution in [1.82, 2.24) is 15.3 Å². The molecule has 0 spiro atoms. The van der Waals surface area contributed by atoms with Gasteiger partial charge in [0.25, 0.3) is 0 Å². The van der Waals surface area contributed by atoms with Gasteiger partial charge in [-0.25, -0.2) is 4.98 Å². The van der Waals surface area contributed by atoms with Gasteiger partial charge >= 0.3 is 0 Å². The first kappa shape index (κ1) is 29.7. The van der Waals surface area contributed by atoms with E-state index in [0.29, 0.717) is 36.0 Å². The zero-order valence-electron chi connectivity index (χ0n) is 24.1. The molecule has 0 bridgehead atoms. The molecule has 1 atom stereocenters. The molecule has 1 unspecified atom stereocenters. The second-order valence-electron chi connectivity index (χ2n) is 11.3. The van der Waals surface area contributed by atoms with Gasteiger partial charge in [0.1, 0.15) is 5.82 Å². The Labute approximate surface area is 251 Å². The van der Waals surface area contributed by atoms with Gasteiger partial charge in [0.2, 0.25) is 17.7 Å². The minimum Gasteiger partial charge on any atom is -0.366 e. The fourth-order valence-electron chi connectivity index (χ4n) is 5.64. The smallest absolute Gasteiger partial charge is 0.248 e. The van der Waals surface area contributed by atoms with Crippen LogP contribution in [0.15, 0.2) is 85.1 Å². The summed E-state index contributed by atoms with van der Waals surface area (Å²) >= 11 is 0. The second kappa shape index (κ2) is 13.9. The van der Waals surface area contributed by atoms with Crippen LogP contribution in [-0.2, 0) is 22.4 Å². The van der Waals surface area contributed by atoms with Crippen LogP contribution in [0.1, 0.15) is 59.0 Å². The number of carbonyl (C=O) groups is 3. The molecule has 222 valence electrons. The molecule has 1 heterocycles. The number of hydrogen-bond donors (Lipinski definition) is 5. The molecular weight excluding hydrogens is 540 g/mol. The van der Waals surface area contributed by atoms with Crippen LogP contribution in [0.25, 0.3) is 11.3 Å². The monoisotopic (exact) mass is 578 g/mol. The summed E-state index contributed by atoms with van der Waals surface area (Å²) in [6.45, 7) is 0.658. The lowest BCUT2D eigenvalue weighted by Crippen LogP contribution is -2.37. The molecule has 1 fully saturated rings. The molecule has 3 aromatic carbocycles. The molecule has 1 aliphatic rings. The largest absolute Gasteiger partial charge is 0.366 e. The Morgan fingerprint density at radius 3 is 2.33 bits per heavy atom. The van der Waals surface area contributed by atoms with Gasteiger partial charge in [0.05, 0.1) is 24.4 Å². The number of nitrogens with zero attached hydrogens (tertiary/aromatic N) is 1. The second-order valence-corrected chi connectivity index (χ2v) is 11.3. The number of primary amides is 1. The van der Waals surface area contributed by atoms with Crippen LogP contribution in [0.5, 0.6) is 0 Å². The van der Waals surface area contributed by atoms with E-state index in [4.69, 9.17) is 11.5 Å². The van der Waals surface area contributed by atoms with Crippen molar-refractivity contribution in [3.63, 3.8) is 0 Å². The number of aromatic nitrogens is 2. The SMILES string of the molecule is NCC1CCC(C(=O)NC(Cc2cccc(NC(=O)Cc3ccccc3)c2)c2ncc(-c3ccc(C(N)=O)cc3)[nH]2)CC1. The number of amides is 3. The van der Waals surface area contributed by atoms with Gasteiger partial charge in [-0.1, -0.05) is 54.6 Å². The highest BCUT2D eigenvalue weighted by Gasteiger charge is 2.28. The molecule has 0 radical (unpaired) electrons. The molecule has 4 aromatic rings. The fourth-order valence-corrected chi connectivity index (χ4v) is 5.64. The molecule has 5 rings (SSSR count). The van der Waals surface area contributed by atoms with Crippen molar-refractivity contribution < 1.29 is 14.4 Å². The maximum absolute atomic E-state index is 13.4. The van der Waals surface area contributed by atoms with E-state index in [1.807, 2.05) is 66.7 Å². The molecule has 9 nitrogen and oxygen atoms in total. The van der Waals surface area contributed by atoms with Gasteiger partial charge in [-0.05, 0) is 85.5 Å². The molecule has 0 aliphatic heterocycles. The van der Waals surface area contributed by atoms with Crippen molar-refractivity contribution in [1.29, 1.82) is 0 Å². The molecule has 7 N–H and O–H groups in total. The van der Waals surface area contributed by atoms with Gasteiger partial charge in [-0.15, -0.1) is 0 Å². The van der Waals surface area contributed by atoms with E-state index < -0.39 is 11.9 Å². The van der Waals surface area contributed by atoms with E-state index in [1.54, 1.807) is 18.3 Å². The van der Waals surface area contributed by atoms with E-state index in [2.05, 4.69) is 20.6 Å². The fraction of sp³-hybridized carbons (Fsp3) is 0.294. The van der Waals surface area contributed by atoms with Crippen LogP contribution in [0, 0.1) is 11.8 Å². The number of nitrogens with two attached hydrogens (primary N) is 2. The lowest BCUT2D eigenvalue weighted by molar-refractivity contribution is -0.127. The summed E-state index contributed by atoms with van der Waals surface area (Å²) in [6, 6.07) is 23.8. The summed E-state index contributed by atoms with van der Waals surface area (Å²) < 4.78 is 0. The minimum atomic E-state index is -0.487. The van der Waals surface area contributed by atoms with Crippen molar-refractivity contribution in [2.45, 2.75) is 44.6 Å².